The summed E-state index contributed by atoms with van der Waals surface area (Å²) in [4.78, 5) is 17.1. The first kappa shape index (κ1) is 44.0. The van der Waals surface area contributed by atoms with Crippen LogP contribution in [0.5, 0.6) is 23.5 Å². The van der Waals surface area contributed by atoms with Crippen LogP contribution >= 0.6 is 0 Å². The van der Waals surface area contributed by atoms with Gasteiger partial charge in [0, 0.05) is 36.7 Å². The lowest BCUT2D eigenvalue weighted by atomic mass is 10.1. The maximum atomic E-state index is 13.4. The number of ether oxygens (including phenoxy) is 4. The minimum atomic E-state index is -4.45. The van der Waals surface area contributed by atoms with Crippen LogP contribution in [0, 0.1) is 23.0 Å². The summed E-state index contributed by atoms with van der Waals surface area (Å²) in [5, 5.41) is 25.7. The molecule has 15 nitrogen and oxygen atoms in total. The maximum absolute atomic E-state index is 13.4. The molecule has 20 heteroatoms. The van der Waals surface area contributed by atoms with Crippen molar-refractivity contribution in [3.05, 3.63) is 144 Å². The second-order valence-corrected chi connectivity index (χ2v) is 13.1. The highest BCUT2D eigenvalue weighted by atomic mass is 19.4. The van der Waals surface area contributed by atoms with E-state index in [0.717, 1.165) is 12.1 Å². The summed E-state index contributed by atoms with van der Waals surface area (Å²) in [6.07, 6.45) is -1.44. The monoisotopic (exact) mass is 875 g/mol. The Labute approximate surface area is 361 Å². The van der Waals surface area contributed by atoms with E-state index in [1.165, 1.54) is 47.3 Å². The number of hydrogen-bond acceptors (Lipinski definition) is 13. The van der Waals surface area contributed by atoms with E-state index >= 15 is 0 Å². The number of halogens is 5. The van der Waals surface area contributed by atoms with Crippen LogP contribution in [0.1, 0.15) is 25.0 Å². The summed E-state index contributed by atoms with van der Waals surface area (Å²) in [5.41, 5.74) is 3.97. The first-order chi connectivity index (χ1) is 31.0. The highest BCUT2D eigenvalue weighted by Gasteiger charge is 2.30. The van der Waals surface area contributed by atoms with Gasteiger partial charge in [0.05, 0.1) is 28.6 Å². The summed E-state index contributed by atoms with van der Waals surface area (Å²) in [7, 11) is 0. The van der Waals surface area contributed by atoms with Crippen LogP contribution in [0.3, 0.4) is 0 Å². The second kappa shape index (κ2) is 20.2. The third kappa shape index (κ3) is 10.9. The SMILES string of the molecule is CCOCn1nnc(-c2ccc(F)cc2)c1-c1ccnc(Oc2ccc(C#N)cc2)n1.CCOCn1nnc(-c2ccc(F)cc2)c1-c1ccnc(Oc2ccc(C(F)(F)F)cc2)n1. The zero-order valence-corrected chi connectivity index (χ0v) is 33.8. The average Bonchev–Trinajstić information content (AvgIpc) is 3.93. The van der Waals surface area contributed by atoms with Crippen LogP contribution in [0.15, 0.2) is 122 Å². The first-order valence-corrected chi connectivity index (χ1v) is 19.3. The van der Waals surface area contributed by atoms with Crippen molar-refractivity contribution >= 4 is 0 Å². The summed E-state index contributed by atoms with van der Waals surface area (Å²) in [5.74, 6) is -0.0980. The van der Waals surface area contributed by atoms with Gasteiger partial charge in [-0.2, -0.15) is 28.4 Å². The number of hydrogen-bond donors (Lipinski definition) is 0. The molecule has 4 heterocycles. The van der Waals surface area contributed by atoms with E-state index < -0.39 is 17.6 Å². The number of alkyl halides is 3. The second-order valence-electron chi connectivity index (χ2n) is 13.1. The molecular formula is C44H34F5N11O4. The van der Waals surface area contributed by atoms with Crippen LogP contribution in [-0.4, -0.2) is 63.1 Å². The Morgan fingerprint density at radius 3 is 1.39 bits per heavy atom. The van der Waals surface area contributed by atoms with Gasteiger partial charge in [-0.15, -0.1) is 10.2 Å². The molecule has 0 amide bonds. The smallest absolute Gasteiger partial charge is 0.416 e. The Morgan fingerprint density at radius 2 is 1.00 bits per heavy atom. The lowest BCUT2D eigenvalue weighted by Gasteiger charge is -2.10. The van der Waals surface area contributed by atoms with Crippen LogP contribution < -0.4 is 9.47 Å². The van der Waals surface area contributed by atoms with E-state index in [-0.39, 0.29) is 37.0 Å². The van der Waals surface area contributed by atoms with Gasteiger partial charge in [-0.3, -0.25) is 0 Å². The van der Waals surface area contributed by atoms with Crippen LogP contribution in [0.2, 0.25) is 0 Å². The molecule has 0 radical (unpaired) electrons. The maximum Gasteiger partial charge on any atom is 0.416 e. The molecule has 0 aliphatic carbocycles. The number of aromatic nitrogens is 10. The van der Waals surface area contributed by atoms with Gasteiger partial charge in [-0.1, -0.05) is 10.4 Å². The molecule has 0 saturated heterocycles. The molecule has 4 aromatic heterocycles. The summed E-state index contributed by atoms with van der Waals surface area (Å²) in [6.45, 7) is 4.93. The third-order valence-corrected chi connectivity index (χ3v) is 8.88. The average molecular weight is 876 g/mol. The molecule has 324 valence electrons. The fraction of sp³-hybridized carbons (Fsp3) is 0.159. The van der Waals surface area contributed by atoms with E-state index in [1.807, 2.05) is 13.8 Å². The first-order valence-electron chi connectivity index (χ1n) is 19.3. The van der Waals surface area contributed by atoms with Gasteiger partial charge < -0.3 is 18.9 Å². The third-order valence-electron chi connectivity index (χ3n) is 8.88. The van der Waals surface area contributed by atoms with E-state index in [4.69, 9.17) is 24.2 Å². The minimum Gasteiger partial charge on any atom is -0.424 e. The summed E-state index contributed by atoms with van der Waals surface area (Å²) in [6, 6.07) is 27.9. The standard InChI is InChI=1S/C22H17F4N5O2.C22H17FN6O2/c1-2-32-13-31-20(19(29-30-31)14-3-7-16(23)8-4-14)18-11-12-27-21(28-18)33-17-9-5-15(6-10-17)22(24,25)26;1-2-30-14-29-21(20(27-28-29)16-5-7-17(23)8-6-16)19-11-12-25-22(26-19)31-18-9-3-15(13-24)4-10-18/h3-12H,2,13H2,1H3;3-12H,2,14H2,1H3. The van der Waals surface area contributed by atoms with Crippen molar-refractivity contribution in [1.29, 1.82) is 5.26 Å². The minimum absolute atomic E-state index is 0.0820. The Morgan fingerprint density at radius 1 is 0.578 bits per heavy atom. The Bertz CT molecular complexity index is 2830. The Hall–Kier alpha value is -8.02. The van der Waals surface area contributed by atoms with Gasteiger partial charge in [-0.05, 0) is 123 Å². The highest BCUT2D eigenvalue weighted by molar-refractivity contribution is 5.77. The quantitative estimate of drug-likeness (QED) is 0.0946. The van der Waals surface area contributed by atoms with Crippen molar-refractivity contribution in [3.8, 4) is 74.9 Å². The molecule has 8 rings (SSSR count). The van der Waals surface area contributed by atoms with Gasteiger partial charge in [0.2, 0.25) is 0 Å². The van der Waals surface area contributed by atoms with Gasteiger partial charge in [0.15, 0.2) is 0 Å². The molecule has 0 saturated carbocycles. The lowest BCUT2D eigenvalue weighted by molar-refractivity contribution is -0.137. The van der Waals surface area contributed by atoms with Crippen LogP contribution in [-0.2, 0) is 29.1 Å². The zero-order chi connectivity index (χ0) is 45.1. The fourth-order valence-electron chi connectivity index (χ4n) is 5.84. The van der Waals surface area contributed by atoms with Gasteiger partial charge in [0.1, 0.15) is 59.4 Å². The predicted octanol–water partition coefficient (Wildman–Crippen LogP) is 9.55. The topological polar surface area (TPSA) is 174 Å². The molecule has 0 fully saturated rings. The van der Waals surface area contributed by atoms with Crippen LogP contribution in [0.25, 0.3) is 45.3 Å². The highest BCUT2D eigenvalue weighted by Crippen LogP contribution is 2.34. The molecule has 0 aliphatic heterocycles. The summed E-state index contributed by atoms with van der Waals surface area (Å²) >= 11 is 0. The predicted molar refractivity (Wildman–Crippen MR) is 219 cm³/mol. The van der Waals surface area contributed by atoms with E-state index in [1.54, 1.807) is 71.5 Å². The molecule has 64 heavy (non-hydrogen) atoms. The molecule has 0 aliphatic rings. The van der Waals surface area contributed by atoms with Crippen LogP contribution in [0.4, 0.5) is 22.0 Å². The fourth-order valence-corrected chi connectivity index (χ4v) is 5.84. The van der Waals surface area contributed by atoms with Gasteiger partial charge >= 0.3 is 18.2 Å². The van der Waals surface area contributed by atoms with Crippen molar-refractivity contribution in [2.75, 3.05) is 13.2 Å². The Kier molecular flexibility index (Phi) is 13.9. The number of nitrogens with zero attached hydrogens (tertiary/aromatic N) is 11. The normalized spacial score (nSPS) is 11.1. The molecule has 0 spiro atoms. The van der Waals surface area contributed by atoms with E-state index in [9.17, 15) is 22.0 Å². The van der Waals surface area contributed by atoms with Crippen molar-refractivity contribution < 1.29 is 40.9 Å². The van der Waals surface area contributed by atoms with Crippen molar-refractivity contribution in [3.63, 3.8) is 0 Å². The summed E-state index contributed by atoms with van der Waals surface area (Å²) < 4.78 is 90.4. The zero-order valence-electron chi connectivity index (χ0n) is 33.8. The lowest BCUT2D eigenvalue weighted by Crippen LogP contribution is -2.07. The largest absolute Gasteiger partial charge is 0.424 e. The van der Waals surface area contributed by atoms with E-state index in [0.29, 0.717) is 69.8 Å². The van der Waals surface area contributed by atoms with Gasteiger partial charge in [-0.25, -0.2) is 28.1 Å². The molecule has 8 aromatic rings. The van der Waals surface area contributed by atoms with Crippen molar-refractivity contribution in [2.24, 2.45) is 0 Å². The molecule has 0 bridgehead atoms. The van der Waals surface area contributed by atoms with E-state index in [2.05, 4.69) is 46.6 Å². The molecule has 0 atom stereocenters. The number of rotatable bonds is 14. The van der Waals surface area contributed by atoms with Gasteiger partial charge in [0.25, 0.3) is 0 Å². The number of benzene rings is 4. The Balaban J connectivity index is 0.000000192. The van der Waals surface area contributed by atoms with Crippen molar-refractivity contribution in [1.82, 2.24) is 49.9 Å². The molecule has 0 N–H and O–H groups in total. The molecule has 4 aromatic carbocycles. The molecule has 0 unspecified atom stereocenters. The van der Waals surface area contributed by atoms with Crippen molar-refractivity contribution in [2.45, 2.75) is 33.5 Å². The molecular weight excluding hydrogens is 842 g/mol. The number of nitriles is 1.